The van der Waals surface area contributed by atoms with Crippen LogP contribution in [-0.2, 0) is 4.74 Å². The molecule has 1 amide bonds. The van der Waals surface area contributed by atoms with Gasteiger partial charge in [0.15, 0.2) is 0 Å². The Morgan fingerprint density at radius 3 is 2.55 bits per heavy atom. The lowest BCUT2D eigenvalue weighted by molar-refractivity contribution is 0.0500. The van der Waals surface area contributed by atoms with E-state index >= 15 is 0 Å². The van der Waals surface area contributed by atoms with Gasteiger partial charge in [0.05, 0.1) is 11.9 Å². The second-order valence-electron chi connectivity index (χ2n) is 9.84. The number of carbonyl (C=O) groups is 1. The van der Waals surface area contributed by atoms with Gasteiger partial charge in [-0.25, -0.2) is 9.78 Å². The maximum Gasteiger partial charge on any atom is 0.407 e. The average molecular weight is 506 g/mol. The number of nitrogens with zero attached hydrogens (tertiary/aromatic N) is 1. The highest BCUT2D eigenvalue weighted by molar-refractivity contribution is 9.10. The molecule has 1 heterocycles. The number of ether oxygens (including phenoxy) is 1. The summed E-state index contributed by atoms with van der Waals surface area (Å²) < 4.78 is 6.54. The molecule has 3 aromatic carbocycles. The minimum atomic E-state index is -0.506. The first-order chi connectivity index (χ1) is 15.8. The molecule has 1 aliphatic carbocycles. The van der Waals surface area contributed by atoms with Crippen LogP contribution in [0.3, 0.4) is 0 Å². The lowest BCUT2D eigenvalue weighted by atomic mass is 9.99. The van der Waals surface area contributed by atoms with Gasteiger partial charge in [-0.1, -0.05) is 52.7 Å². The molecule has 2 atom stereocenters. The summed E-state index contributed by atoms with van der Waals surface area (Å²) in [6.45, 7) is 5.63. The van der Waals surface area contributed by atoms with Crippen molar-refractivity contribution in [3.8, 4) is 11.3 Å². The lowest BCUT2D eigenvalue weighted by Crippen LogP contribution is -2.40. The van der Waals surface area contributed by atoms with E-state index in [-0.39, 0.29) is 18.1 Å². The molecule has 0 saturated heterocycles. The van der Waals surface area contributed by atoms with Gasteiger partial charge in [-0.2, -0.15) is 0 Å². The quantitative estimate of drug-likeness (QED) is 0.287. The van der Waals surface area contributed by atoms with E-state index in [9.17, 15) is 4.79 Å². The number of rotatable bonds is 3. The smallest absolute Gasteiger partial charge is 0.407 e. The third-order valence-electron chi connectivity index (χ3n) is 6.27. The molecule has 0 aliphatic heterocycles. The summed E-state index contributed by atoms with van der Waals surface area (Å²) in [5.74, 6) is 1.08. The topological polar surface area (TPSA) is 67.0 Å². The number of fused-ring (bicyclic) bond motifs is 3. The molecule has 1 aliphatic rings. The van der Waals surface area contributed by atoms with Crippen LogP contribution in [0.25, 0.3) is 32.8 Å². The molecule has 6 heteroatoms. The van der Waals surface area contributed by atoms with E-state index < -0.39 is 5.60 Å². The number of nitrogens with one attached hydrogen (secondary N) is 2. The van der Waals surface area contributed by atoms with Gasteiger partial charge in [-0.3, -0.25) is 0 Å². The minimum Gasteiger partial charge on any atom is -0.444 e. The van der Waals surface area contributed by atoms with Gasteiger partial charge < -0.3 is 15.0 Å². The monoisotopic (exact) mass is 505 g/mol. The van der Waals surface area contributed by atoms with Gasteiger partial charge in [0.2, 0.25) is 0 Å². The first-order valence-corrected chi connectivity index (χ1v) is 12.2. The molecular formula is C27H28BrN3O2. The van der Waals surface area contributed by atoms with Crippen molar-refractivity contribution in [3.63, 3.8) is 0 Å². The SMILES string of the molecule is CC(C)(C)OC(=O)N[C@H]1CCC[C@@H]1c1ncc(-c2ccc3c(ccc4cc(Br)ccc43)c2)[nH]1. The number of hydrogen-bond acceptors (Lipinski definition) is 3. The fraction of sp³-hybridized carbons (Fsp3) is 0.333. The zero-order chi connectivity index (χ0) is 23.2. The molecular weight excluding hydrogens is 478 g/mol. The number of aromatic amines is 1. The van der Waals surface area contributed by atoms with Crippen LogP contribution in [0.15, 0.2) is 59.2 Å². The third-order valence-corrected chi connectivity index (χ3v) is 6.77. The number of halogens is 1. The van der Waals surface area contributed by atoms with Crippen molar-refractivity contribution in [3.05, 3.63) is 65.0 Å². The zero-order valence-electron chi connectivity index (χ0n) is 19.1. The van der Waals surface area contributed by atoms with E-state index in [2.05, 4.69) is 74.8 Å². The van der Waals surface area contributed by atoms with Crippen LogP contribution < -0.4 is 5.32 Å². The molecule has 0 radical (unpaired) electrons. The second-order valence-corrected chi connectivity index (χ2v) is 10.8. The van der Waals surface area contributed by atoms with Crippen LogP contribution in [-0.4, -0.2) is 27.7 Å². The summed E-state index contributed by atoms with van der Waals surface area (Å²) >= 11 is 3.56. The number of hydrogen-bond donors (Lipinski definition) is 2. The first-order valence-electron chi connectivity index (χ1n) is 11.4. The molecule has 0 bridgehead atoms. The van der Waals surface area contributed by atoms with Crippen molar-refractivity contribution in [1.29, 1.82) is 0 Å². The molecule has 0 spiro atoms. The van der Waals surface area contributed by atoms with Crippen molar-refractivity contribution in [1.82, 2.24) is 15.3 Å². The predicted octanol–water partition coefficient (Wildman–Crippen LogP) is 7.31. The molecule has 0 unspecified atom stereocenters. The Balaban J connectivity index is 1.39. The van der Waals surface area contributed by atoms with Crippen LogP contribution in [0.5, 0.6) is 0 Å². The molecule has 5 rings (SSSR count). The molecule has 1 fully saturated rings. The molecule has 1 aromatic heterocycles. The summed E-state index contributed by atoms with van der Waals surface area (Å²) in [6.07, 6.45) is 4.52. The van der Waals surface area contributed by atoms with Gasteiger partial charge in [-0.05, 0) is 73.4 Å². The maximum atomic E-state index is 12.3. The molecule has 2 N–H and O–H groups in total. The van der Waals surface area contributed by atoms with Crippen molar-refractivity contribution >= 4 is 43.6 Å². The second kappa shape index (κ2) is 8.49. The largest absolute Gasteiger partial charge is 0.444 e. The van der Waals surface area contributed by atoms with E-state index in [0.717, 1.165) is 40.8 Å². The van der Waals surface area contributed by atoms with Crippen molar-refractivity contribution < 1.29 is 9.53 Å². The minimum absolute atomic E-state index is 0.0288. The molecule has 170 valence electrons. The van der Waals surface area contributed by atoms with Gasteiger partial charge in [0.1, 0.15) is 11.4 Å². The third kappa shape index (κ3) is 4.62. The lowest BCUT2D eigenvalue weighted by Gasteiger charge is -2.24. The molecule has 5 nitrogen and oxygen atoms in total. The Bertz CT molecular complexity index is 1340. The van der Waals surface area contributed by atoms with Gasteiger partial charge in [0.25, 0.3) is 0 Å². The maximum absolute atomic E-state index is 12.3. The summed E-state index contributed by atoms with van der Waals surface area (Å²) in [5.41, 5.74) is 1.59. The van der Waals surface area contributed by atoms with E-state index in [1.807, 2.05) is 27.0 Å². The fourth-order valence-corrected chi connectivity index (χ4v) is 5.18. The number of H-pyrrole nitrogens is 1. The standard InChI is InChI=1S/C27H28BrN3O2/c1-27(2,3)33-26(32)31-23-6-4-5-22(23)25-29-15-24(30-25)18-9-11-20-16(13-18)7-8-17-14-19(28)10-12-21(17)20/h7-15,22-23H,4-6H2,1-3H3,(H,29,30)(H,31,32)/t22-,23-/m0/s1. The normalized spacial score (nSPS) is 18.7. The number of aromatic nitrogens is 2. The van der Waals surface area contributed by atoms with E-state index in [0.29, 0.717) is 0 Å². The number of alkyl carbamates (subject to hydrolysis) is 1. The summed E-state index contributed by atoms with van der Waals surface area (Å²) in [5, 5.41) is 7.95. The predicted molar refractivity (Wildman–Crippen MR) is 136 cm³/mol. The Morgan fingerprint density at radius 1 is 1.06 bits per heavy atom. The average Bonchev–Trinajstić information content (AvgIpc) is 3.41. The van der Waals surface area contributed by atoms with Gasteiger partial charge in [-0.15, -0.1) is 0 Å². The van der Waals surface area contributed by atoms with Gasteiger partial charge >= 0.3 is 6.09 Å². The van der Waals surface area contributed by atoms with Crippen LogP contribution in [0, 0.1) is 0 Å². The van der Waals surface area contributed by atoms with Crippen molar-refractivity contribution in [2.45, 2.75) is 57.6 Å². The van der Waals surface area contributed by atoms with Gasteiger partial charge in [0, 0.05) is 22.0 Å². The van der Waals surface area contributed by atoms with E-state index in [4.69, 9.17) is 9.72 Å². The van der Waals surface area contributed by atoms with Crippen LogP contribution >= 0.6 is 15.9 Å². The highest BCUT2D eigenvalue weighted by Gasteiger charge is 2.33. The highest BCUT2D eigenvalue weighted by Crippen LogP contribution is 2.35. The number of imidazole rings is 1. The Labute approximate surface area is 202 Å². The first kappa shape index (κ1) is 22.0. The fourth-order valence-electron chi connectivity index (χ4n) is 4.80. The summed E-state index contributed by atoms with van der Waals surface area (Å²) in [7, 11) is 0. The molecule has 33 heavy (non-hydrogen) atoms. The van der Waals surface area contributed by atoms with E-state index in [1.54, 1.807) is 0 Å². The van der Waals surface area contributed by atoms with Crippen LogP contribution in [0.1, 0.15) is 51.8 Å². The Kier molecular flexibility index (Phi) is 5.65. The van der Waals surface area contributed by atoms with Crippen LogP contribution in [0.2, 0.25) is 0 Å². The molecule has 1 saturated carbocycles. The van der Waals surface area contributed by atoms with E-state index in [1.165, 1.54) is 21.5 Å². The van der Waals surface area contributed by atoms with Crippen molar-refractivity contribution in [2.75, 3.05) is 0 Å². The molecule has 4 aromatic rings. The number of carbonyl (C=O) groups excluding carboxylic acids is 1. The van der Waals surface area contributed by atoms with Crippen LogP contribution in [0.4, 0.5) is 4.79 Å². The number of benzene rings is 3. The zero-order valence-corrected chi connectivity index (χ0v) is 20.7. The Morgan fingerprint density at radius 2 is 1.79 bits per heavy atom. The Hall–Kier alpha value is -2.86. The number of amides is 1. The van der Waals surface area contributed by atoms with Crippen molar-refractivity contribution in [2.24, 2.45) is 0 Å². The summed E-state index contributed by atoms with van der Waals surface area (Å²) in [6, 6.07) is 17.3. The summed E-state index contributed by atoms with van der Waals surface area (Å²) in [4.78, 5) is 20.5. The highest BCUT2D eigenvalue weighted by atomic mass is 79.9.